The van der Waals surface area contributed by atoms with Crippen molar-refractivity contribution in [2.75, 3.05) is 6.54 Å². The maximum atomic E-state index is 3.66. The van der Waals surface area contributed by atoms with Crippen LogP contribution in [0.5, 0.6) is 0 Å². The van der Waals surface area contributed by atoms with Gasteiger partial charge in [0.2, 0.25) is 0 Å². The lowest BCUT2D eigenvalue weighted by molar-refractivity contribution is 0.463. The summed E-state index contributed by atoms with van der Waals surface area (Å²) in [6.07, 6.45) is 2.73. The lowest BCUT2D eigenvalue weighted by atomic mass is 9.78. The summed E-state index contributed by atoms with van der Waals surface area (Å²) in [5.74, 6) is 0. The first-order valence-corrected chi connectivity index (χ1v) is 6.72. The molecule has 0 spiro atoms. The Labute approximate surface area is 106 Å². The number of hydrogen-bond acceptors (Lipinski definition) is 1. The molecule has 94 valence electrons. The first-order valence-electron chi connectivity index (χ1n) is 6.72. The van der Waals surface area contributed by atoms with E-state index in [1.165, 1.54) is 35.1 Å². The number of hydrogen-bond donors (Lipinski definition) is 1. The van der Waals surface area contributed by atoms with Crippen molar-refractivity contribution < 1.29 is 0 Å². The summed E-state index contributed by atoms with van der Waals surface area (Å²) < 4.78 is 0. The molecule has 17 heavy (non-hydrogen) atoms. The molecule has 0 unspecified atom stereocenters. The van der Waals surface area contributed by atoms with Crippen molar-refractivity contribution >= 4 is 0 Å². The summed E-state index contributed by atoms with van der Waals surface area (Å²) >= 11 is 0. The minimum Gasteiger partial charge on any atom is -0.313 e. The zero-order valence-corrected chi connectivity index (χ0v) is 11.9. The maximum Gasteiger partial charge on any atom is 0.00685 e. The Balaban J connectivity index is 2.23. The van der Waals surface area contributed by atoms with Crippen LogP contribution in [0.25, 0.3) is 0 Å². The molecule has 1 nitrogen and oxygen atoms in total. The summed E-state index contributed by atoms with van der Waals surface area (Å²) in [7, 11) is 0. The van der Waals surface area contributed by atoms with Crippen molar-refractivity contribution in [1.29, 1.82) is 0 Å². The molecule has 0 atom stereocenters. The van der Waals surface area contributed by atoms with Gasteiger partial charge in [0.15, 0.2) is 0 Å². The number of rotatable bonds is 4. The Kier molecular flexibility index (Phi) is 3.31. The molecule has 0 amide bonds. The standard InChI is InChI=1S/C16H25N/c1-11-8-12(2)15(13(3)9-11)16(4,5)10-17-14-6-7-14/h8-9,14,17H,6-7,10H2,1-5H3. The molecule has 0 heterocycles. The minimum atomic E-state index is 0.227. The van der Waals surface area contributed by atoms with Crippen LogP contribution in [0.3, 0.4) is 0 Å². The lowest BCUT2D eigenvalue weighted by Crippen LogP contribution is -2.35. The lowest BCUT2D eigenvalue weighted by Gasteiger charge is -2.30. The van der Waals surface area contributed by atoms with E-state index in [9.17, 15) is 0 Å². The van der Waals surface area contributed by atoms with Crippen LogP contribution in [0.15, 0.2) is 12.1 Å². The maximum absolute atomic E-state index is 3.66. The van der Waals surface area contributed by atoms with Gasteiger partial charge in [0, 0.05) is 18.0 Å². The highest BCUT2D eigenvalue weighted by molar-refractivity contribution is 5.42. The number of aryl methyl sites for hydroxylation is 3. The number of benzene rings is 1. The van der Waals surface area contributed by atoms with Crippen LogP contribution in [0.1, 0.15) is 48.9 Å². The second kappa shape index (κ2) is 4.45. The summed E-state index contributed by atoms with van der Waals surface area (Å²) in [4.78, 5) is 0. The first-order chi connectivity index (χ1) is 7.90. The summed E-state index contributed by atoms with van der Waals surface area (Å²) in [6, 6.07) is 5.41. The van der Waals surface area contributed by atoms with Crippen molar-refractivity contribution in [2.24, 2.45) is 0 Å². The molecule has 1 N–H and O–H groups in total. The monoisotopic (exact) mass is 231 g/mol. The Morgan fingerprint density at radius 1 is 1.12 bits per heavy atom. The molecule has 0 radical (unpaired) electrons. The van der Waals surface area contributed by atoms with Crippen LogP contribution >= 0.6 is 0 Å². The van der Waals surface area contributed by atoms with Crippen LogP contribution in [0.2, 0.25) is 0 Å². The Morgan fingerprint density at radius 3 is 2.12 bits per heavy atom. The van der Waals surface area contributed by atoms with Gasteiger partial charge in [-0.15, -0.1) is 0 Å². The van der Waals surface area contributed by atoms with Crippen LogP contribution in [-0.2, 0) is 5.41 Å². The van der Waals surface area contributed by atoms with E-state index in [4.69, 9.17) is 0 Å². The molecule has 1 aromatic rings. The van der Waals surface area contributed by atoms with Crippen molar-refractivity contribution in [3.63, 3.8) is 0 Å². The van der Waals surface area contributed by atoms with Crippen LogP contribution < -0.4 is 5.32 Å². The molecule has 2 rings (SSSR count). The Bertz CT molecular complexity index is 391. The minimum absolute atomic E-state index is 0.227. The molecule has 0 saturated heterocycles. The second-order valence-electron chi connectivity index (χ2n) is 6.31. The van der Waals surface area contributed by atoms with Gasteiger partial charge in [-0.3, -0.25) is 0 Å². The highest BCUT2D eigenvalue weighted by atomic mass is 15.0. The van der Waals surface area contributed by atoms with Crippen molar-refractivity contribution in [3.8, 4) is 0 Å². The van der Waals surface area contributed by atoms with E-state index < -0.39 is 0 Å². The van der Waals surface area contributed by atoms with Crippen LogP contribution in [-0.4, -0.2) is 12.6 Å². The fraction of sp³-hybridized carbons (Fsp3) is 0.625. The van der Waals surface area contributed by atoms with E-state index in [-0.39, 0.29) is 5.41 Å². The van der Waals surface area contributed by atoms with E-state index in [0.717, 1.165) is 12.6 Å². The Morgan fingerprint density at radius 2 is 1.65 bits per heavy atom. The normalized spacial score (nSPS) is 16.3. The molecule has 1 aliphatic rings. The van der Waals surface area contributed by atoms with E-state index in [2.05, 4.69) is 52.1 Å². The summed E-state index contributed by atoms with van der Waals surface area (Å²) in [6.45, 7) is 12.5. The molecule has 0 aromatic heterocycles. The third kappa shape index (κ3) is 2.90. The van der Waals surface area contributed by atoms with E-state index in [1.807, 2.05) is 0 Å². The quantitative estimate of drug-likeness (QED) is 0.834. The predicted octanol–water partition coefficient (Wildman–Crippen LogP) is 3.64. The van der Waals surface area contributed by atoms with Gasteiger partial charge in [-0.2, -0.15) is 0 Å². The van der Waals surface area contributed by atoms with Crippen LogP contribution in [0, 0.1) is 20.8 Å². The smallest absolute Gasteiger partial charge is 0.00685 e. The molecular weight excluding hydrogens is 206 g/mol. The third-order valence-corrected chi connectivity index (χ3v) is 3.76. The zero-order valence-electron chi connectivity index (χ0n) is 11.9. The Hall–Kier alpha value is -0.820. The largest absolute Gasteiger partial charge is 0.313 e. The average molecular weight is 231 g/mol. The summed E-state index contributed by atoms with van der Waals surface area (Å²) in [5, 5.41) is 3.66. The van der Waals surface area contributed by atoms with Gasteiger partial charge < -0.3 is 5.32 Å². The van der Waals surface area contributed by atoms with Gasteiger partial charge in [-0.25, -0.2) is 0 Å². The highest BCUT2D eigenvalue weighted by Gasteiger charge is 2.28. The van der Waals surface area contributed by atoms with E-state index >= 15 is 0 Å². The van der Waals surface area contributed by atoms with Gasteiger partial charge >= 0.3 is 0 Å². The zero-order chi connectivity index (χ0) is 12.6. The van der Waals surface area contributed by atoms with E-state index in [1.54, 1.807) is 0 Å². The molecular formula is C16H25N. The predicted molar refractivity (Wildman–Crippen MR) is 74.7 cm³/mol. The van der Waals surface area contributed by atoms with Gasteiger partial charge in [0.05, 0.1) is 0 Å². The molecule has 0 bridgehead atoms. The second-order valence-corrected chi connectivity index (χ2v) is 6.31. The fourth-order valence-electron chi connectivity index (χ4n) is 3.02. The topological polar surface area (TPSA) is 12.0 Å². The van der Waals surface area contributed by atoms with Gasteiger partial charge in [-0.1, -0.05) is 31.5 Å². The molecule has 1 aromatic carbocycles. The average Bonchev–Trinajstić information content (AvgIpc) is 2.95. The third-order valence-electron chi connectivity index (χ3n) is 3.76. The number of nitrogens with one attached hydrogen (secondary N) is 1. The molecule has 1 aliphatic carbocycles. The molecule has 1 fully saturated rings. The van der Waals surface area contributed by atoms with Crippen molar-refractivity contribution in [3.05, 3.63) is 34.4 Å². The molecule has 1 heteroatoms. The van der Waals surface area contributed by atoms with Gasteiger partial charge in [0.1, 0.15) is 0 Å². The van der Waals surface area contributed by atoms with Gasteiger partial charge in [-0.05, 0) is 50.3 Å². The fourth-order valence-corrected chi connectivity index (χ4v) is 3.02. The van der Waals surface area contributed by atoms with Gasteiger partial charge in [0.25, 0.3) is 0 Å². The van der Waals surface area contributed by atoms with E-state index in [0.29, 0.717) is 0 Å². The first kappa shape index (κ1) is 12.6. The summed E-state index contributed by atoms with van der Waals surface area (Å²) in [5.41, 5.74) is 5.99. The van der Waals surface area contributed by atoms with Crippen molar-refractivity contribution in [2.45, 2.75) is 58.9 Å². The molecule has 1 saturated carbocycles. The highest BCUT2D eigenvalue weighted by Crippen LogP contribution is 2.31. The molecule has 0 aliphatic heterocycles. The van der Waals surface area contributed by atoms with Crippen LogP contribution in [0.4, 0.5) is 0 Å². The van der Waals surface area contributed by atoms with Crippen molar-refractivity contribution in [1.82, 2.24) is 5.32 Å². The SMILES string of the molecule is Cc1cc(C)c(C(C)(C)CNC2CC2)c(C)c1.